The minimum Gasteiger partial charge on any atom is -0.491 e. The number of carboxylic acids is 1. The van der Waals surface area contributed by atoms with Gasteiger partial charge in [0.25, 0.3) is 0 Å². The van der Waals surface area contributed by atoms with Gasteiger partial charge in [0, 0.05) is 13.5 Å². The number of methoxy groups -OCH3 is 1. The molecule has 1 aliphatic rings. The summed E-state index contributed by atoms with van der Waals surface area (Å²) < 4.78 is 17.3. The molecule has 0 saturated carbocycles. The first-order valence-corrected chi connectivity index (χ1v) is 12.0. The molecule has 1 aliphatic carbocycles. The van der Waals surface area contributed by atoms with Crippen LogP contribution in [0.25, 0.3) is 12.2 Å². The Bertz CT molecular complexity index is 1200. The van der Waals surface area contributed by atoms with Crippen molar-refractivity contribution in [2.24, 2.45) is 0 Å². The molecule has 4 rings (SSSR count). The Morgan fingerprint density at radius 1 is 0.914 bits per heavy atom. The fourth-order valence-electron chi connectivity index (χ4n) is 4.36. The Morgan fingerprint density at radius 3 is 2.23 bits per heavy atom. The van der Waals surface area contributed by atoms with Crippen LogP contribution in [-0.4, -0.2) is 37.5 Å². The Kier molecular flexibility index (Phi) is 8.01. The first-order valence-electron chi connectivity index (χ1n) is 12.0. The van der Waals surface area contributed by atoms with Crippen LogP contribution in [0.1, 0.15) is 52.0 Å². The fraction of sp³-hybridized carbons (Fsp3) is 0.300. The number of fused-ring (bicyclic) bond motifs is 2. The maximum absolute atomic E-state index is 11.2. The first-order chi connectivity index (χ1) is 17.0. The lowest BCUT2D eigenvalue weighted by Gasteiger charge is -2.22. The van der Waals surface area contributed by atoms with Crippen LogP contribution in [0.5, 0.6) is 5.75 Å². The van der Waals surface area contributed by atoms with Gasteiger partial charge in [-0.25, -0.2) is 4.79 Å². The molecule has 5 heteroatoms. The third-order valence-electron chi connectivity index (χ3n) is 6.35. The highest BCUT2D eigenvalue weighted by atomic mass is 16.5. The molecule has 3 aromatic rings. The molecule has 0 aromatic heterocycles. The normalized spacial score (nSPS) is 15.1. The third-order valence-corrected chi connectivity index (χ3v) is 6.35. The summed E-state index contributed by atoms with van der Waals surface area (Å²) in [6.45, 7) is 5.11. The van der Waals surface area contributed by atoms with E-state index in [0.29, 0.717) is 25.4 Å². The molecule has 0 amide bonds. The molecule has 0 heterocycles. The van der Waals surface area contributed by atoms with Gasteiger partial charge in [-0.15, -0.1) is 0 Å². The monoisotopic (exact) mass is 472 g/mol. The lowest BCUT2D eigenvalue weighted by Crippen LogP contribution is -2.24. The molecule has 0 bridgehead atoms. The SMILES string of the molecule is CCc1ccc2c(c1)C=Cc1cc(C)ccc1C2OCCOc1ccc(CC(OC)C(=O)O)cc1. The van der Waals surface area contributed by atoms with E-state index in [1.54, 1.807) is 0 Å². The van der Waals surface area contributed by atoms with Crippen LogP contribution in [0.4, 0.5) is 0 Å². The summed E-state index contributed by atoms with van der Waals surface area (Å²) in [5, 5.41) is 9.15. The van der Waals surface area contributed by atoms with Crippen molar-refractivity contribution in [3.8, 4) is 5.75 Å². The van der Waals surface area contributed by atoms with Crippen molar-refractivity contribution in [2.75, 3.05) is 20.3 Å². The van der Waals surface area contributed by atoms with E-state index in [1.165, 1.54) is 29.4 Å². The van der Waals surface area contributed by atoms with E-state index in [2.05, 4.69) is 62.4 Å². The Hall–Kier alpha value is -3.41. The Labute approximate surface area is 207 Å². The molecule has 1 N–H and O–H groups in total. The van der Waals surface area contributed by atoms with Gasteiger partial charge < -0.3 is 19.3 Å². The molecular weight excluding hydrogens is 440 g/mol. The second kappa shape index (κ2) is 11.3. The van der Waals surface area contributed by atoms with Gasteiger partial charge in [0.2, 0.25) is 0 Å². The second-order valence-corrected chi connectivity index (χ2v) is 8.79. The minimum absolute atomic E-state index is 0.172. The summed E-state index contributed by atoms with van der Waals surface area (Å²) in [5.74, 6) is -0.254. The highest BCUT2D eigenvalue weighted by Crippen LogP contribution is 2.36. The van der Waals surface area contributed by atoms with Gasteiger partial charge in [0.05, 0.1) is 6.61 Å². The molecule has 0 radical (unpaired) electrons. The quantitative estimate of drug-likeness (QED) is 0.374. The van der Waals surface area contributed by atoms with E-state index in [1.807, 2.05) is 24.3 Å². The largest absolute Gasteiger partial charge is 0.491 e. The van der Waals surface area contributed by atoms with Gasteiger partial charge in [0.15, 0.2) is 6.10 Å². The molecule has 0 saturated heterocycles. The maximum atomic E-state index is 11.2. The predicted molar refractivity (Wildman–Crippen MR) is 138 cm³/mol. The van der Waals surface area contributed by atoms with Crippen molar-refractivity contribution in [1.82, 2.24) is 0 Å². The lowest BCUT2D eigenvalue weighted by atomic mass is 9.94. The minimum atomic E-state index is -0.970. The van der Waals surface area contributed by atoms with E-state index in [-0.39, 0.29) is 6.10 Å². The Balaban J connectivity index is 1.42. The number of aliphatic carboxylic acids is 1. The highest BCUT2D eigenvalue weighted by molar-refractivity contribution is 5.76. The first kappa shape index (κ1) is 24.7. The van der Waals surface area contributed by atoms with E-state index in [9.17, 15) is 4.79 Å². The van der Waals surface area contributed by atoms with Crippen LogP contribution in [0.2, 0.25) is 0 Å². The van der Waals surface area contributed by atoms with Crippen LogP contribution in [0, 0.1) is 6.92 Å². The number of carboxylic acid groups (broad SMARTS) is 1. The number of rotatable bonds is 10. The molecule has 2 atom stereocenters. The van der Waals surface area contributed by atoms with E-state index in [0.717, 1.165) is 23.1 Å². The number of hydrogen-bond donors (Lipinski definition) is 1. The number of ether oxygens (including phenoxy) is 3. The van der Waals surface area contributed by atoms with Crippen LogP contribution in [0.3, 0.4) is 0 Å². The van der Waals surface area contributed by atoms with Gasteiger partial charge in [-0.05, 0) is 58.9 Å². The van der Waals surface area contributed by atoms with Crippen LogP contribution < -0.4 is 4.74 Å². The average molecular weight is 473 g/mol. The summed E-state index contributed by atoms with van der Waals surface area (Å²) >= 11 is 0. The van der Waals surface area contributed by atoms with E-state index in [4.69, 9.17) is 19.3 Å². The molecule has 2 unspecified atom stereocenters. The topological polar surface area (TPSA) is 65.0 Å². The zero-order chi connectivity index (χ0) is 24.8. The van der Waals surface area contributed by atoms with Crippen LogP contribution >= 0.6 is 0 Å². The van der Waals surface area contributed by atoms with Crippen LogP contribution in [0.15, 0.2) is 60.7 Å². The molecule has 182 valence electrons. The summed E-state index contributed by atoms with van der Waals surface area (Å²) in [6.07, 6.45) is 4.64. The Morgan fingerprint density at radius 2 is 1.57 bits per heavy atom. The number of aryl methyl sites for hydroxylation is 2. The van der Waals surface area contributed by atoms with Gasteiger partial charge in [-0.2, -0.15) is 0 Å². The summed E-state index contributed by atoms with van der Waals surface area (Å²) in [4.78, 5) is 11.2. The molecule has 35 heavy (non-hydrogen) atoms. The smallest absolute Gasteiger partial charge is 0.333 e. The summed E-state index contributed by atoms with van der Waals surface area (Å²) in [5.41, 5.74) is 8.10. The third kappa shape index (κ3) is 5.99. The lowest BCUT2D eigenvalue weighted by molar-refractivity contribution is -0.148. The van der Waals surface area contributed by atoms with Crippen molar-refractivity contribution in [2.45, 2.75) is 38.9 Å². The maximum Gasteiger partial charge on any atom is 0.333 e. The number of benzene rings is 3. The van der Waals surface area contributed by atoms with Gasteiger partial charge in [-0.3, -0.25) is 0 Å². The van der Waals surface area contributed by atoms with Crippen molar-refractivity contribution in [3.63, 3.8) is 0 Å². The van der Waals surface area contributed by atoms with Gasteiger partial charge in [0.1, 0.15) is 18.5 Å². The molecule has 0 fully saturated rings. The fourth-order valence-corrected chi connectivity index (χ4v) is 4.36. The van der Waals surface area contributed by atoms with Crippen molar-refractivity contribution < 1.29 is 24.1 Å². The number of hydrogen-bond acceptors (Lipinski definition) is 4. The van der Waals surface area contributed by atoms with E-state index >= 15 is 0 Å². The van der Waals surface area contributed by atoms with Crippen LogP contribution in [-0.2, 0) is 27.1 Å². The summed E-state index contributed by atoms with van der Waals surface area (Å²) in [7, 11) is 1.40. The van der Waals surface area contributed by atoms with Crippen molar-refractivity contribution >= 4 is 18.1 Å². The predicted octanol–water partition coefficient (Wildman–Crippen LogP) is 5.87. The van der Waals surface area contributed by atoms with Gasteiger partial charge >= 0.3 is 5.97 Å². The van der Waals surface area contributed by atoms with Gasteiger partial charge in [-0.1, -0.05) is 73.2 Å². The molecule has 3 aromatic carbocycles. The van der Waals surface area contributed by atoms with E-state index < -0.39 is 12.1 Å². The second-order valence-electron chi connectivity index (χ2n) is 8.79. The molecule has 0 spiro atoms. The molecule has 0 aliphatic heterocycles. The average Bonchev–Trinajstić information content (AvgIpc) is 3.01. The molecular formula is C30H32O5. The van der Waals surface area contributed by atoms with Crippen molar-refractivity contribution in [1.29, 1.82) is 0 Å². The highest BCUT2D eigenvalue weighted by Gasteiger charge is 2.22. The standard InChI is InChI=1S/C30H32O5/c1-4-21-8-14-27-24(18-21)10-9-23-17-20(2)5-13-26(23)29(27)35-16-15-34-25-11-6-22(7-12-25)19-28(33-3)30(31)32/h5-14,17-18,28-29H,4,15-16,19H2,1-3H3,(H,31,32). The molecule has 5 nitrogen and oxygen atoms in total. The zero-order valence-electron chi connectivity index (χ0n) is 20.5. The zero-order valence-corrected chi connectivity index (χ0v) is 20.5. The summed E-state index contributed by atoms with van der Waals surface area (Å²) in [6, 6.07) is 20.5. The van der Waals surface area contributed by atoms with Crippen molar-refractivity contribution in [3.05, 3.63) is 99.6 Å². The number of carbonyl (C=O) groups is 1.